The van der Waals surface area contributed by atoms with Gasteiger partial charge in [0.2, 0.25) is 0 Å². The number of amides is 1. The Hall–Kier alpha value is -2.38. The Bertz CT molecular complexity index is 580. The number of hydrogen-bond donors (Lipinski definition) is 1. The lowest BCUT2D eigenvalue weighted by Gasteiger charge is -2.18. The summed E-state index contributed by atoms with van der Waals surface area (Å²) >= 11 is 0. The molecule has 1 aromatic rings. The molecule has 23 heavy (non-hydrogen) atoms. The van der Waals surface area contributed by atoms with Gasteiger partial charge in [-0.2, -0.15) is 5.10 Å². The Morgan fingerprint density at radius 1 is 1.35 bits per heavy atom. The molecule has 0 radical (unpaired) electrons. The number of hydrogen-bond acceptors (Lipinski definition) is 6. The average molecular weight is 325 g/mol. The third kappa shape index (κ3) is 5.39. The molecule has 8 nitrogen and oxygen atoms in total. The minimum absolute atomic E-state index is 0.194. The molecule has 128 valence electrons. The fraction of sp³-hybridized carbons (Fsp3) is 0.600. The first kappa shape index (κ1) is 18.7. The molecule has 0 spiro atoms. The van der Waals surface area contributed by atoms with Crippen molar-refractivity contribution in [2.45, 2.75) is 33.2 Å². The van der Waals surface area contributed by atoms with E-state index in [1.54, 1.807) is 14.0 Å². The predicted molar refractivity (Wildman–Crippen MR) is 81.6 cm³/mol. The lowest BCUT2D eigenvalue weighted by Crippen LogP contribution is -2.44. The van der Waals surface area contributed by atoms with Crippen LogP contribution < -0.4 is 5.32 Å². The number of esters is 2. The highest BCUT2D eigenvalue weighted by molar-refractivity contribution is 5.92. The number of carbonyl (C=O) groups excluding carboxylic acids is 3. The van der Waals surface area contributed by atoms with Crippen LogP contribution in [0.2, 0.25) is 0 Å². The Labute approximate surface area is 135 Å². The van der Waals surface area contributed by atoms with Crippen LogP contribution in [-0.4, -0.2) is 47.4 Å². The van der Waals surface area contributed by atoms with Gasteiger partial charge in [0.25, 0.3) is 5.91 Å². The van der Waals surface area contributed by atoms with Crippen molar-refractivity contribution in [1.29, 1.82) is 0 Å². The maximum Gasteiger partial charge on any atom is 0.342 e. The zero-order chi connectivity index (χ0) is 17.6. The molecule has 1 N–H and O–H groups in total. The van der Waals surface area contributed by atoms with E-state index in [1.165, 1.54) is 18.0 Å². The SMILES string of the molecule is COC(=O)[C@@H](CC(C)C)NC(=O)COC(=O)c1cnn(C)c1C. The highest BCUT2D eigenvalue weighted by atomic mass is 16.5. The molecular weight excluding hydrogens is 302 g/mol. The second-order valence-corrected chi connectivity index (χ2v) is 5.62. The smallest absolute Gasteiger partial charge is 0.342 e. The van der Waals surface area contributed by atoms with E-state index in [0.717, 1.165) is 0 Å². The molecular formula is C15H23N3O5. The lowest BCUT2D eigenvalue weighted by molar-refractivity contribution is -0.145. The Morgan fingerprint density at radius 3 is 2.48 bits per heavy atom. The van der Waals surface area contributed by atoms with Crippen molar-refractivity contribution in [1.82, 2.24) is 15.1 Å². The number of nitrogens with one attached hydrogen (secondary N) is 1. The first-order chi connectivity index (χ1) is 10.8. The fourth-order valence-corrected chi connectivity index (χ4v) is 1.97. The Morgan fingerprint density at radius 2 is 2.00 bits per heavy atom. The highest BCUT2D eigenvalue weighted by Crippen LogP contribution is 2.08. The van der Waals surface area contributed by atoms with E-state index in [4.69, 9.17) is 4.74 Å². The van der Waals surface area contributed by atoms with Gasteiger partial charge < -0.3 is 14.8 Å². The van der Waals surface area contributed by atoms with E-state index in [2.05, 4.69) is 15.2 Å². The van der Waals surface area contributed by atoms with Gasteiger partial charge in [-0.15, -0.1) is 0 Å². The molecule has 8 heteroatoms. The minimum Gasteiger partial charge on any atom is -0.467 e. The standard InChI is InChI=1S/C15H23N3O5/c1-9(2)6-12(15(21)22-5)17-13(19)8-23-14(20)11-7-16-18(4)10(11)3/h7,9,12H,6,8H2,1-5H3,(H,17,19)/t12-/m1/s1. The van der Waals surface area contributed by atoms with Crippen molar-refractivity contribution in [3.8, 4) is 0 Å². The monoisotopic (exact) mass is 325 g/mol. The molecule has 1 atom stereocenters. The number of aromatic nitrogens is 2. The molecule has 0 saturated carbocycles. The summed E-state index contributed by atoms with van der Waals surface area (Å²) in [6.07, 6.45) is 1.82. The summed E-state index contributed by atoms with van der Waals surface area (Å²) in [5, 5.41) is 6.45. The summed E-state index contributed by atoms with van der Waals surface area (Å²) in [4.78, 5) is 35.4. The van der Waals surface area contributed by atoms with Crippen LogP contribution in [0.25, 0.3) is 0 Å². The number of methoxy groups -OCH3 is 1. The zero-order valence-corrected chi connectivity index (χ0v) is 14.1. The van der Waals surface area contributed by atoms with Crippen LogP contribution in [0.1, 0.15) is 36.3 Å². The van der Waals surface area contributed by atoms with Gasteiger partial charge in [-0.1, -0.05) is 13.8 Å². The second kappa shape index (κ2) is 8.30. The van der Waals surface area contributed by atoms with Gasteiger partial charge in [-0.25, -0.2) is 9.59 Å². The van der Waals surface area contributed by atoms with Crippen LogP contribution >= 0.6 is 0 Å². The van der Waals surface area contributed by atoms with E-state index in [9.17, 15) is 14.4 Å². The molecule has 0 saturated heterocycles. The van der Waals surface area contributed by atoms with Gasteiger partial charge in [0.05, 0.1) is 13.3 Å². The molecule has 0 fully saturated rings. The molecule has 0 aliphatic heterocycles. The molecule has 0 aliphatic rings. The van der Waals surface area contributed by atoms with Crippen LogP contribution in [0.5, 0.6) is 0 Å². The van der Waals surface area contributed by atoms with Crippen LogP contribution in [-0.2, 0) is 26.1 Å². The fourth-order valence-electron chi connectivity index (χ4n) is 1.97. The van der Waals surface area contributed by atoms with E-state index in [-0.39, 0.29) is 5.92 Å². The van der Waals surface area contributed by atoms with Crippen LogP contribution in [0, 0.1) is 12.8 Å². The topological polar surface area (TPSA) is 99.5 Å². The molecule has 1 aromatic heterocycles. The summed E-state index contributed by atoms with van der Waals surface area (Å²) in [5.41, 5.74) is 0.939. The quantitative estimate of drug-likeness (QED) is 0.737. The Balaban J connectivity index is 2.56. The predicted octanol–water partition coefficient (Wildman–Crippen LogP) is 0.589. The van der Waals surface area contributed by atoms with Crippen LogP contribution in [0.3, 0.4) is 0 Å². The Kier molecular flexibility index (Phi) is 6.74. The summed E-state index contributed by atoms with van der Waals surface area (Å²) in [5.74, 6) is -1.53. The summed E-state index contributed by atoms with van der Waals surface area (Å²) in [7, 11) is 2.96. The van der Waals surface area contributed by atoms with Gasteiger partial charge in [0.15, 0.2) is 6.61 Å². The van der Waals surface area contributed by atoms with Gasteiger partial charge in [0.1, 0.15) is 11.6 Å². The number of carbonyl (C=O) groups is 3. The van der Waals surface area contributed by atoms with Crippen LogP contribution in [0.15, 0.2) is 6.20 Å². The molecule has 0 aromatic carbocycles. The van der Waals surface area contributed by atoms with E-state index >= 15 is 0 Å². The molecule has 0 aliphatic carbocycles. The summed E-state index contributed by atoms with van der Waals surface area (Å²) in [6, 6.07) is -0.758. The number of rotatable bonds is 7. The number of ether oxygens (including phenoxy) is 2. The maximum atomic E-state index is 11.9. The molecule has 1 rings (SSSR count). The minimum atomic E-state index is -0.758. The third-order valence-electron chi connectivity index (χ3n) is 3.32. The van der Waals surface area contributed by atoms with Gasteiger partial charge in [-0.05, 0) is 19.3 Å². The lowest BCUT2D eigenvalue weighted by atomic mass is 10.0. The number of nitrogens with zero attached hydrogens (tertiary/aromatic N) is 2. The van der Waals surface area contributed by atoms with Crippen molar-refractivity contribution in [2.24, 2.45) is 13.0 Å². The van der Waals surface area contributed by atoms with Crippen molar-refractivity contribution in [2.75, 3.05) is 13.7 Å². The van der Waals surface area contributed by atoms with Crippen molar-refractivity contribution >= 4 is 17.8 Å². The number of aryl methyl sites for hydroxylation is 1. The van der Waals surface area contributed by atoms with Crippen molar-refractivity contribution in [3.05, 3.63) is 17.5 Å². The third-order valence-corrected chi connectivity index (χ3v) is 3.32. The molecule has 1 amide bonds. The van der Waals surface area contributed by atoms with Crippen molar-refractivity contribution in [3.63, 3.8) is 0 Å². The van der Waals surface area contributed by atoms with Gasteiger partial charge >= 0.3 is 11.9 Å². The molecule has 1 heterocycles. The molecule has 0 unspecified atom stereocenters. The van der Waals surface area contributed by atoms with Crippen LogP contribution in [0.4, 0.5) is 0 Å². The van der Waals surface area contributed by atoms with E-state index < -0.39 is 30.5 Å². The van der Waals surface area contributed by atoms with E-state index in [1.807, 2.05) is 13.8 Å². The molecule has 0 bridgehead atoms. The normalized spacial score (nSPS) is 11.9. The first-order valence-electron chi connectivity index (χ1n) is 7.29. The summed E-state index contributed by atoms with van der Waals surface area (Å²) < 4.78 is 11.1. The second-order valence-electron chi connectivity index (χ2n) is 5.62. The highest BCUT2D eigenvalue weighted by Gasteiger charge is 2.23. The largest absolute Gasteiger partial charge is 0.467 e. The van der Waals surface area contributed by atoms with Gasteiger partial charge in [0, 0.05) is 12.7 Å². The zero-order valence-electron chi connectivity index (χ0n) is 14.1. The van der Waals surface area contributed by atoms with Crippen molar-refractivity contribution < 1.29 is 23.9 Å². The first-order valence-corrected chi connectivity index (χ1v) is 7.29. The van der Waals surface area contributed by atoms with Gasteiger partial charge in [-0.3, -0.25) is 9.48 Å². The summed E-state index contributed by atoms with van der Waals surface area (Å²) in [6.45, 7) is 5.10. The average Bonchev–Trinajstić information content (AvgIpc) is 2.82. The van der Waals surface area contributed by atoms with E-state index in [0.29, 0.717) is 17.7 Å². The maximum absolute atomic E-state index is 11.9.